The van der Waals surface area contributed by atoms with Gasteiger partial charge >= 0.3 is 0 Å². The van der Waals surface area contributed by atoms with Gasteiger partial charge in [0.05, 0.1) is 5.03 Å². The summed E-state index contributed by atoms with van der Waals surface area (Å²) in [4.78, 5) is 4.49. The Morgan fingerprint density at radius 3 is 2.50 bits per heavy atom. The highest BCUT2D eigenvalue weighted by Gasteiger charge is 1.98. The molecule has 2 nitrogen and oxygen atoms in total. The van der Waals surface area contributed by atoms with E-state index in [1.165, 1.54) is 13.2 Å². The summed E-state index contributed by atoms with van der Waals surface area (Å²) in [5, 5.41) is 4.25. The fourth-order valence-corrected chi connectivity index (χ4v) is 1.36. The molecule has 0 saturated heterocycles. The molecule has 1 aromatic carbocycles. The molecule has 74 valence electrons. The molecule has 0 spiro atoms. The third-order valence-electron chi connectivity index (χ3n) is 1.47. The smallest absolute Gasteiger partial charge is 0.169 e. The zero-order valence-electron chi connectivity index (χ0n) is 7.58. The lowest BCUT2D eigenvalue weighted by molar-refractivity contribution is 0.215. The van der Waals surface area contributed by atoms with Gasteiger partial charge in [0.25, 0.3) is 0 Å². The van der Waals surface area contributed by atoms with Gasteiger partial charge in [0, 0.05) is 0 Å². The van der Waals surface area contributed by atoms with Gasteiger partial charge in [-0.15, -0.1) is 0 Å². The first-order chi connectivity index (χ1) is 6.74. The minimum atomic E-state index is 0.210. The highest BCUT2D eigenvalue weighted by atomic mass is 35.5. The molecule has 1 rings (SSSR count). The van der Waals surface area contributed by atoms with Crippen LogP contribution in [0.3, 0.4) is 0 Å². The zero-order valence-corrected chi connectivity index (χ0v) is 9.09. The van der Waals surface area contributed by atoms with Gasteiger partial charge < -0.3 is 4.84 Å². The van der Waals surface area contributed by atoms with Crippen LogP contribution in [0, 0.1) is 0 Å². The topological polar surface area (TPSA) is 21.6 Å². The number of oxime groups is 1. The van der Waals surface area contributed by atoms with Crippen LogP contribution < -0.4 is 0 Å². The number of hydrogen-bond donors (Lipinski definition) is 0. The Bertz CT molecular complexity index is 346. The van der Waals surface area contributed by atoms with Crippen molar-refractivity contribution in [2.75, 3.05) is 7.11 Å². The normalized spacial score (nSPS) is 12.8. The van der Waals surface area contributed by atoms with E-state index in [1.807, 2.05) is 30.3 Å². The van der Waals surface area contributed by atoms with Gasteiger partial charge in [-0.2, -0.15) is 0 Å². The predicted octanol–water partition coefficient (Wildman–Crippen LogP) is 3.47. The van der Waals surface area contributed by atoms with E-state index in [0.29, 0.717) is 5.03 Å². The van der Waals surface area contributed by atoms with Gasteiger partial charge in [-0.1, -0.05) is 58.7 Å². The quantitative estimate of drug-likeness (QED) is 0.575. The number of benzene rings is 1. The molecule has 4 heteroatoms. The molecule has 0 amide bonds. The van der Waals surface area contributed by atoms with Crippen LogP contribution in [-0.4, -0.2) is 12.3 Å². The van der Waals surface area contributed by atoms with E-state index in [0.717, 1.165) is 5.56 Å². The number of hydrogen-bond acceptors (Lipinski definition) is 2. The molecule has 0 fully saturated rings. The van der Waals surface area contributed by atoms with E-state index in [4.69, 9.17) is 23.2 Å². The molecule has 1 aromatic rings. The average Bonchev–Trinajstić information content (AvgIpc) is 2.19. The number of nitrogens with zero attached hydrogens (tertiary/aromatic N) is 1. The summed E-state index contributed by atoms with van der Waals surface area (Å²) in [6.07, 6.45) is 1.53. The monoisotopic (exact) mass is 229 g/mol. The molecular weight excluding hydrogens is 221 g/mol. The Hall–Kier alpha value is -0.990. The Morgan fingerprint density at radius 1 is 1.29 bits per heavy atom. The molecule has 0 unspecified atom stereocenters. The van der Waals surface area contributed by atoms with Crippen molar-refractivity contribution in [3.63, 3.8) is 0 Å². The van der Waals surface area contributed by atoms with Crippen molar-refractivity contribution in [2.45, 2.75) is 0 Å². The van der Waals surface area contributed by atoms with Gasteiger partial charge in [0.15, 0.2) is 5.17 Å². The van der Waals surface area contributed by atoms with Gasteiger partial charge in [-0.25, -0.2) is 0 Å². The second-order valence-electron chi connectivity index (χ2n) is 2.45. The molecule has 0 N–H and O–H groups in total. The van der Waals surface area contributed by atoms with Crippen LogP contribution in [0.2, 0.25) is 0 Å². The van der Waals surface area contributed by atoms with Crippen molar-refractivity contribution in [1.29, 1.82) is 0 Å². The second-order valence-corrected chi connectivity index (χ2v) is 3.25. The van der Waals surface area contributed by atoms with Gasteiger partial charge in [-0.3, -0.25) is 0 Å². The predicted molar refractivity (Wildman–Crippen MR) is 60.6 cm³/mol. The molecule has 14 heavy (non-hydrogen) atoms. The van der Waals surface area contributed by atoms with Crippen molar-refractivity contribution < 1.29 is 4.84 Å². The first-order valence-electron chi connectivity index (χ1n) is 3.93. The number of allylic oxidation sites excluding steroid dienone is 1. The molecule has 0 aliphatic rings. The van der Waals surface area contributed by atoms with Crippen LogP contribution in [0.5, 0.6) is 0 Å². The van der Waals surface area contributed by atoms with Crippen LogP contribution in [0.4, 0.5) is 0 Å². The van der Waals surface area contributed by atoms with Crippen LogP contribution in [-0.2, 0) is 4.84 Å². The molecule has 0 aliphatic heterocycles. The number of halogens is 2. The molecule has 0 heterocycles. The van der Waals surface area contributed by atoms with E-state index in [1.54, 1.807) is 0 Å². The minimum Gasteiger partial charge on any atom is -0.398 e. The average molecular weight is 230 g/mol. The standard InChI is InChI=1S/C10H9Cl2NO/c1-14-13-10(12)7-9(11)8-5-3-2-4-6-8/h2-7H,1H3/b9-7+,13-10-. The molecule has 0 saturated carbocycles. The van der Waals surface area contributed by atoms with Crippen molar-refractivity contribution >= 4 is 33.4 Å². The lowest BCUT2D eigenvalue weighted by Crippen LogP contribution is -1.84. The summed E-state index contributed by atoms with van der Waals surface area (Å²) in [5.74, 6) is 0. The molecule has 0 radical (unpaired) electrons. The van der Waals surface area contributed by atoms with E-state index in [2.05, 4.69) is 9.99 Å². The summed E-state index contributed by atoms with van der Waals surface area (Å²) < 4.78 is 0. The maximum Gasteiger partial charge on any atom is 0.169 e. The third-order valence-corrected chi connectivity index (χ3v) is 1.98. The van der Waals surface area contributed by atoms with Gasteiger partial charge in [0.1, 0.15) is 7.11 Å². The van der Waals surface area contributed by atoms with E-state index in [9.17, 15) is 0 Å². The first kappa shape index (κ1) is 11.1. The lowest BCUT2D eigenvalue weighted by atomic mass is 10.2. The van der Waals surface area contributed by atoms with Crippen LogP contribution in [0.1, 0.15) is 5.56 Å². The SMILES string of the molecule is CO/N=C(Cl)/C=C(/Cl)c1ccccc1. The van der Waals surface area contributed by atoms with E-state index >= 15 is 0 Å². The van der Waals surface area contributed by atoms with Gasteiger partial charge in [-0.05, 0) is 11.6 Å². The molecule has 0 atom stereocenters. The zero-order chi connectivity index (χ0) is 10.4. The molecule has 0 aromatic heterocycles. The van der Waals surface area contributed by atoms with Gasteiger partial charge in [0.2, 0.25) is 0 Å². The largest absolute Gasteiger partial charge is 0.398 e. The van der Waals surface area contributed by atoms with E-state index in [-0.39, 0.29) is 5.17 Å². The summed E-state index contributed by atoms with van der Waals surface area (Å²) in [6.45, 7) is 0. The maximum absolute atomic E-state index is 5.98. The van der Waals surface area contributed by atoms with E-state index < -0.39 is 0 Å². The van der Waals surface area contributed by atoms with Crippen molar-refractivity contribution in [2.24, 2.45) is 5.16 Å². The maximum atomic E-state index is 5.98. The lowest BCUT2D eigenvalue weighted by Gasteiger charge is -1.97. The Kier molecular flexibility index (Phi) is 4.50. The summed E-state index contributed by atoms with van der Waals surface area (Å²) >= 11 is 11.7. The molecular formula is C10H9Cl2NO. The Morgan fingerprint density at radius 2 is 1.93 bits per heavy atom. The summed E-state index contributed by atoms with van der Waals surface area (Å²) in [5.41, 5.74) is 0.888. The fraction of sp³-hybridized carbons (Fsp3) is 0.100. The van der Waals surface area contributed by atoms with Crippen LogP contribution in [0.15, 0.2) is 41.6 Å². The van der Waals surface area contributed by atoms with Crippen LogP contribution >= 0.6 is 23.2 Å². The van der Waals surface area contributed by atoms with Crippen molar-refractivity contribution in [3.05, 3.63) is 42.0 Å². The summed E-state index contributed by atoms with van der Waals surface area (Å²) in [7, 11) is 1.42. The third kappa shape index (κ3) is 3.40. The fourth-order valence-electron chi connectivity index (χ4n) is 0.899. The second kappa shape index (κ2) is 5.68. The highest BCUT2D eigenvalue weighted by molar-refractivity contribution is 6.70. The number of rotatable bonds is 3. The highest BCUT2D eigenvalue weighted by Crippen LogP contribution is 2.18. The Balaban J connectivity index is 2.85. The van der Waals surface area contributed by atoms with Crippen LogP contribution in [0.25, 0.3) is 5.03 Å². The minimum absolute atomic E-state index is 0.210. The molecule has 0 bridgehead atoms. The molecule has 0 aliphatic carbocycles. The van der Waals surface area contributed by atoms with Crippen molar-refractivity contribution in [1.82, 2.24) is 0 Å². The Labute approximate surface area is 92.8 Å². The summed E-state index contributed by atoms with van der Waals surface area (Å²) in [6, 6.07) is 9.48. The van der Waals surface area contributed by atoms with Crippen molar-refractivity contribution in [3.8, 4) is 0 Å². The first-order valence-corrected chi connectivity index (χ1v) is 4.69.